The first-order valence-electron chi connectivity index (χ1n) is 10.2. The normalized spacial score (nSPS) is 23.3. The summed E-state index contributed by atoms with van der Waals surface area (Å²) < 4.78 is 0. The van der Waals surface area contributed by atoms with Gasteiger partial charge in [0.15, 0.2) is 0 Å². The molecule has 0 saturated carbocycles. The topological polar surface area (TPSA) is 26.8 Å². The first-order chi connectivity index (χ1) is 12.5. The third-order valence-corrected chi connectivity index (χ3v) is 7.34. The molecule has 1 amide bonds. The number of carbonyl (C=O) groups excluding carboxylic acids is 1. The minimum Gasteiger partial charge on any atom is -0.343 e. The number of carbonyl (C=O) groups is 1. The summed E-state index contributed by atoms with van der Waals surface area (Å²) in [7, 11) is 4.19. The van der Waals surface area contributed by atoms with E-state index < -0.39 is 0 Å². The van der Waals surface area contributed by atoms with E-state index in [4.69, 9.17) is 0 Å². The van der Waals surface area contributed by atoms with Crippen LogP contribution in [0.15, 0.2) is 11.4 Å². The zero-order valence-electron chi connectivity index (χ0n) is 16.7. The second kappa shape index (κ2) is 9.34. The molecular formula is C21H35N3OS. The molecule has 0 N–H and O–H groups in total. The molecule has 5 heteroatoms. The number of rotatable bonds is 6. The van der Waals surface area contributed by atoms with Gasteiger partial charge in [-0.1, -0.05) is 0 Å². The van der Waals surface area contributed by atoms with Crippen LogP contribution in [0.25, 0.3) is 0 Å². The van der Waals surface area contributed by atoms with E-state index in [2.05, 4.69) is 35.2 Å². The molecule has 1 aromatic heterocycles. The minimum atomic E-state index is 0.353. The van der Waals surface area contributed by atoms with Gasteiger partial charge in [-0.15, -0.1) is 11.3 Å². The van der Waals surface area contributed by atoms with Crippen LogP contribution in [-0.2, 0) is 11.3 Å². The molecule has 0 radical (unpaired) electrons. The van der Waals surface area contributed by atoms with E-state index in [0.29, 0.717) is 17.9 Å². The number of thiophene rings is 1. The van der Waals surface area contributed by atoms with Crippen molar-refractivity contribution < 1.29 is 4.79 Å². The number of nitrogens with zero attached hydrogens (tertiary/aromatic N) is 3. The fourth-order valence-electron chi connectivity index (χ4n) is 4.39. The Labute approximate surface area is 163 Å². The molecular weight excluding hydrogens is 342 g/mol. The van der Waals surface area contributed by atoms with Gasteiger partial charge in [0.1, 0.15) is 0 Å². The van der Waals surface area contributed by atoms with Crippen LogP contribution < -0.4 is 0 Å². The van der Waals surface area contributed by atoms with Crippen LogP contribution in [0.1, 0.15) is 49.0 Å². The van der Waals surface area contributed by atoms with Crippen molar-refractivity contribution in [3.8, 4) is 0 Å². The molecule has 0 aromatic carbocycles. The lowest BCUT2D eigenvalue weighted by Crippen LogP contribution is -2.44. The van der Waals surface area contributed by atoms with Crippen LogP contribution in [0, 0.1) is 12.8 Å². The molecule has 2 saturated heterocycles. The predicted octanol–water partition coefficient (Wildman–Crippen LogP) is 3.60. The highest BCUT2D eigenvalue weighted by Crippen LogP contribution is 2.25. The Morgan fingerprint density at radius 3 is 2.73 bits per heavy atom. The summed E-state index contributed by atoms with van der Waals surface area (Å²) in [4.78, 5) is 21.2. The molecule has 2 aliphatic rings. The Morgan fingerprint density at radius 2 is 2.04 bits per heavy atom. The highest BCUT2D eigenvalue weighted by atomic mass is 32.1. The van der Waals surface area contributed by atoms with Crippen molar-refractivity contribution in [3.05, 3.63) is 21.9 Å². The van der Waals surface area contributed by atoms with Gasteiger partial charge in [-0.25, -0.2) is 0 Å². The fraction of sp³-hybridized carbons (Fsp3) is 0.762. The van der Waals surface area contributed by atoms with Gasteiger partial charge in [-0.05, 0) is 88.6 Å². The Kier molecular flexibility index (Phi) is 7.12. The second-order valence-electron chi connectivity index (χ2n) is 8.35. The van der Waals surface area contributed by atoms with E-state index >= 15 is 0 Å². The van der Waals surface area contributed by atoms with Crippen LogP contribution >= 0.6 is 11.3 Å². The van der Waals surface area contributed by atoms with E-state index in [9.17, 15) is 4.79 Å². The van der Waals surface area contributed by atoms with Crippen LogP contribution in [0.5, 0.6) is 0 Å². The van der Waals surface area contributed by atoms with Crippen molar-refractivity contribution in [1.29, 1.82) is 0 Å². The lowest BCUT2D eigenvalue weighted by atomic mass is 9.92. The van der Waals surface area contributed by atoms with Crippen molar-refractivity contribution in [2.75, 3.05) is 40.3 Å². The largest absolute Gasteiger partial charge is 0.343 e. The Morgan fingerprint density at radius 1 is 1.27 bits per heavy atom. The Bertz CT molecular complexity index is 580. The van der Waals surface area contributed by atoms with E-state index in [1.54, 1.807) is 0 Å². The molecule has 1 atom stereocenters. The Balaban J connectivity index is 1.42. The van der Waals surface area contributed by atoms with Crippen molar-refractivity contribution >= 4 is 17.2 Å². The van der Waals surface area contributed by atoms with E-state index in [-0.39, 0.29) is 0 Å². The van der Waals surface area contributed by atoms with Crippen LogP contribution in [0.3, 0.4) is 0 Å². The van der Waals surface area contributed by atoms with Gasteiger partial charge < -0.3 is 9.80 Å². The summed E-state index contributed by atoms with van der Waals surface area (Å²) >= 11 is 1.88. The third kappa shape index (κ3) is 5.30. The van der Waals surface area contributed by atoms with E-state index in [1.165, 1.54) is 29.8 Å². The molecule has 1 aromatic rings. The van der Waals surface area contributed by atoms with Crippen LogP contribution in [0.2, 0.25) is 0 Å². The summed E-state index contributed by atoms with van der Waals surface area (Å²) in [6, 6.07) is 2.67. The number of aryl methyl sites for hydroxylation is 1. The number of amides is 1. The first kappa shape index (κ1) is 19.8. The minimum absolute atomic E-state index is 0.353. The van der Waals surface area contributed by atoms with Gasteiger partial charge in [-0.3, -0.25) is 9.69 Å². The fourth-order valence-corrected chi connectivity index (χ4v) is 5.34. The lowest BCUT2D eigenvalue weighted by molar-refractivity contribution is -0.133. The van der Waals surface area contributed by atoms with Gasteiger partial charge in [0.05, 0.1) is 0 Å². The highest BCUT2D eigenvalue weighted by Gasteiger charge is 2.26. The van der Waals surface area contributed by atoms with Crippen molar-refractivity contribution in [1.82, 2.24) is 14.7 Å². The summed E-state index contributed by atoms with van der Waals surface area (Å²) in [5.41, 5.74) is 1.42. The molecule has 1 unspecified atom stereocenters. The summed E-state index contributed by atoms with van der Waals surface area (Å²) in [6.45, 7) is 7.89. The maximum absolute atomic E-state index is 12.6. The number of hydrogen-bond donors (Lipinski definition) is 0. The smallest absolute Gasteiger partial charge is 0.222 e. The molecule has 0 spiro atoms. The van der Waals surface area contributed by atoms with Crippen LogP contribution in [-0.4, -0.2) is 66.9 Å². The SMILES string of the molecule is Cc1ccsc1CN1CCCC(CCC(=O)N(C)C2CCN(C)CC2)C1. The molecule has 0 bridgehead atoms. The molecule has 2 fully saturated rings. The molecule has 146 valence electrons. The van der Waals surface area contributed by atoms with E-state index in [1.807, 2.05) is 23.3 Å². The number of likely N-dealkylation sites (tertiary alicyclic amines) is 2. The van der Waals surface area contributed by atoms with Crippen LogP contribution in [0.4, 0.5) is 0 Å². The summed E-state index contributed by atoms with van der Waals surface area (Å²) in [5.74, 6) is 1.03. The zero-order valence-corrected chi connectivity index (χ0v) is 17.6. The second-order valence-corrected chi connectivity index (χ2v) is 9.35. The number of piperidine rings is 2. The third-order valence-electron chi connectivity index (χ3n) is 6.33. The molecule has 26 heavy (non-hydrogen) atoms. The van der Waals surface area contributed by atoms with Gasteiger partial charge in [0.2, 0.25) is 5.91 Å². The average Bonchev–Trinajstić information content (AvgIpc) is 3.05. The molecule has 0 aliphatic carbocycles. The van der Waals surface area contributed by atoms with Gasteiger partial charge in [0, 0.05) is 37.5 Å². The molecule has 2 aliphatic heterocycles. The summed E-state index contributed by atoms with van der Waals surface area (Å²) in [6.07, 6.45) is 6.57. The van der Waals surface area contributed by atoms with E-state index in [0.717, 1.165) is 51.9 Å². The molecule has 3 rings (SSSR count). The first-order valence-corrected chi connectivity index (χ1v) is 11.1. The van der Waals surface area contributed by atoms with Crippen molar-refractivity contribution in [2.24, 2.45) is 5.92 Å². The van der Waals surface area contributed by atoms with Gasteiger partial charge >= 0.3 is 0 Å². The Hall–Kier alpha value is -0.910. The quantitative estimate of drug-likeness (QED) is 0.758. The lowest BCUT2D eigenvalue weighted by Gasteiger charge is -2.36. The maximum atomic E-state index is 12.6. The van der Waals surface area contributed by atoms with Gasteiger partial charge in [0.25, 0.3) is 0 Å². The molecule has 4 nitrogen and oxygen atoms in total. The molecule has 3 heterocycles. The maximum Gasteiger partial charge on any atom is 0.222 e. The average molecular weight is 378 g/mol. The van der Waals surface area contributed by atoms with Crippen molar-refractivity contribution in [3.63, 3.8) is 0 Å². The monoisotopic (exact) mass is 377 g/mol. The summed E-state index contributed by atoms with van der Waals surface area (Å²) in [5, 5.41) is 2.20. The number of hydrogen-bond acceptors (Lipinski definition) is 4. The standard InChI is InChI=1S/C21H35N3OS/c1-17-10-14-26-20(17)16-24-11-4-5-18(15-24)6-7-21(25)23(3)19-8-12-22(2)13-9-19/h10,14,18-19H,4-9,11-13,15-16H2,1-3H3. The predicted molar refractivity (Wildman–Crippen MR) is 110 cm³/mol. The van der Waals surface area contributed by atoms with Crippen molar-refractivity contribution in [2.45, 2.75) is 58.0 Å². The zero-order chi connectivity index (χ0) is 18.5. The van der Waals surface area contributed by atoms with Gasteiger partial charge in [-0.2, -0.15) is 0 Å². The highest BCUT2D eigenvalue weighted by molar-refractivity contribution is 7.10.